The van der Waals surface area contributed by atoms with Gasteiger partial charge in [0.05, 0.1) is 11.0 Å². The Kier molecular flexibility index (Phi) is 2.74. The molecule has 2 aromatic carbocycles. The first-order valence-electron chi connectivity index (χ1n) is 7.51. The number of H-pyrrole nitrogens is 1. The number of aryl methyl sites for hydroxylation is 1. The quantitative estimate of drug-likeness (QED) is 0.756. The highest BCUT2D eigenvalue weighted by Gasteiger charge is 2.43. The van der Waals surface area contributed by atoms with Gasteiger partial charge in [0, 0.05) is 12.0 Å². The summed E-state index contributed by atoms with van der Waals surface area (Å²) in [6, 6.07) is 17.1. The van der Waals surface area contributed by atoms with E-state index >= 15 is 0 Å². The Balaban J connectivity index is 1.53. The predicted molar refractivity (Wildman–Crippen MR) is 86.7 cm³/mol. The van der Waals surface area contributed by atoms with E-state index in [-0.39, 0.29) is 0 Å². The maximum atomic E-state index is 4.61. The molecule has 2 N–H and O–H groups in total. The fourth-order valence-electron chi connectivity index (χ4n) is 2.97. The highest BCUT2D eigenvalue weighted by atomic mass is 15.1. The van der Waals surface area contributed by atoms with Crippen molar-refractivity contribution in [1.82, 2.24) is 9.97 Å². The zero-order valence-corrected chi connectivity index (χ0v) is 12.2. The number of imidazole rings is 1. The zero-order chi connectivity index (χ0) is 14.3. The van der Waals surface area contributed by atoms with E-state index in [0.717, 1.165) is 23.5 Å². The monoisotopic (exact) mass is 277 g/mol. The molecule has 0 amide bonds. The Morgan fingerprint density at radius 3 is 2.71 bits per heavy atom. The van der Waals surface area contributed by atoms with Gasteiger partial charge in [-0.15, -0.1) is 0 Å². The normalized spacial score (nSPS) is 16.0. The van der Waals surface area contributed by atoms with Crippen LogP contribution in [0.15, 0.2) is 48.5 Å². The van der Waals surface area contributed by atoms with Crippen molar-refractivity contribution in [1.29, 1.82) is 0 Å². The van der Waals surface area contributed by atoms with E-state index in [2.05, 4.69) is 70.7 Å². The first kappa shape index (κ1) is 12.5. The highest BCUT2D eigenvalue weighted by molar-refractivity contribution is 5.78. The van der Waals surface area contributed by atoms with E-state index in [1.807, 2.05) is 0 Å². The maximum Gasteiger partial charge on any atom is 0.201 e. The van der Waals surface area contributed by atoms with Crippen LogP contribution in [0, 0.1) is 6.92 Å². The fourth-order valence-corrected chi connectivity index (χ4v) is 2.97. The van der Waals surface area contributed by atoms with Gasteiger partial charge in [0.25, 0.3) is 0 Å². The number of anilines is 1. The average molecular weight is 277 g/mol. The Bertz CT molecular complexity index is 770. The molecular formula is C18H19N3. The molecule has 4 rings (SSSR count). The molecule has 1 heterocycles. The van der Waals surface area contributed by atoms with E-state index in [9.17, 15) is 0 Å². The average Bonchev–Trinajstić information content (AvgIpc) is 3.20. The molecule has 0 saturated heterocycles. The molecule has 0 atom stereocenters. The largest absolute Gasteiger partial charge is 0.355 e. The Labute approximate surface area is 124 Å². The second-order valence-corrected chi connectivity index (χ2v) is 6.11. The van der Waals surface area contributed by atoms with Crippen LogP contribution in [-0.4, -0.2) is 16.5 Å². The molecule has 3 aromatic rings. The van der Waals surface area contributed by atoms with Crippen LogP contribution in [0.5, 0.6) is 0 Å². The van der Waals surface area contributed by atoms with Crippen LogP contribution in [0.2, 0.25) is 0 Å². The van der Waals surface area contributed by atoms with Crippen LogP contribution in [-0.2, 0) is 5.41 Å². The Hall–Kier alpha value is -2.29. The lowest BCUT2D eigenvalue weighted by molar-refractivity contribution is 0.728. The van der Waals surface area contributed by atoms with Gasteiger partial charge in [-0.25, -0.2) is 4.98 Å². The lowest BCUT2D eigenvalue weighted by atomic mass is 9.96. The van der Waals surface area contributed by atoms with Gasteiger partial charge >= 0.3 is 0 Å². The molecular weight excluding hydrogens is 258 g/mol. The second-order valence-electron chi connectivity index (χ2n) is 6.11. The summed E-state index contributed by atoms with van der Waals surface area (Å²) in [4.78, 5) is 7.98. The minimum atomic E-state index is 0.302. The molecule has 0 spiro atoms. The van der Waals surface area contributed by atoms with E-state index in [0.29, 0.717) is 5.41 Å². The molecule has 0 unspecified atom stereocenters. The third-order valence-corrected chi connectivity index (χ3v) is 4.47. The summed E-state index contributed by atoms with van der Waals surface area (Å²) in [6.07, 6.45) is 2.51. The van der Waals surface area contributed by atoms with Gasteiger partial charge in [0.1, 0.15) is 0 Å². The molecule has 1 aliphatic rings. The van der Waals surface area contributed by atoms with Gasteiger partial charge in [0.15, 0.2) is 0 Å². The first-order chi connectivity index (χ1) is 10.3. The second kappa shape index (κ2) is 4.62. The summed E-state index contributed by atoms with van der Waals surface area (Å²) in [7, 11) is 0. The maximum absolute atomic E-state index is 4.61. The predicted octanol–water partition coefficient (Wildman–Crippen LogP) is 4.02. The molecule has 1 aliphatic carbocycles. The van der Waals surface area contributed by atoms with Gasteiger partial charge in [-0.3, -0.25) is 0 Å². The molecule has 0 bridgehead atoms. The molecule has 1 saturated carbocycles. The number of aromatic amines is 1. The van der Waals surface area contributed by atoms with E-state index < -0.39 is 0 Å². The van der Waals surface area contributed by atoms with Crippen molar-refractivity contribution in [3.05, 3.63) is 59.7 Å². The van der Waals surface area contributed by atoms with E-state index in [1.54, 1.807) is 0 Å². The molecule has 3 nitrogen and oxygen atoms in total. The number of nitrogens with zero attached hydrogens (tertiary/aromatic N) is 1. The lowest BCUT2D eigenvalue weighted by Crippen LogP contribution is -2.20. The van der Waals surface area contributed by atoms with Crippen LogP contribution in [0.4, 0.5) is 5.95 Å². The Morgan fingerprint density at radius 2 is 1.95 bits per heavy atom. The Morgan fingerprint density at radius 1 is 1.14 bits per heavy atom. The molecule has 106 valence electrons. The summed E-state index contributed by atoms with van der Waals surface area (Å²) < 4.78 is 0. The number of benzene rings is 2. The van der Waals surface area contributed by atoms with Crippen molar-refractivity contribution in [3.63, 3.8) is 0 Å². The molecule has 1 fully saturated rings. The highest BCUT2D eigenvalue weighted by Crippen LogP contribution is 2.47. The number of nitrogens with one attached hydrogen (secondary N) is 2. The minimum absolute atomic E-state index is 0.302. The van der Waals surface area contributed by atoms with Crippen LogP contribution in [0.3, 0.4) is 0 Å². The van der Waals surface area contributed by atoms with Gasteiger partial charge in [0.2, 0.25) is 5.95 Å². The molecule has 21 heavy (non-hydrogen) atoms. The number of hydrogen-bond donors (Lipinski definition) is 2. The molecule has 3 heteroatoms. The van der Waals surface area contributed by atoms with Gasteiger partial charge in [-0.05, 0) is 43.0 Å². The fraction of sp³-hybridized carbons (Fsp3) is 0.278. The number of hydrogen-bond acceptors (Lipinski definition) is 2. The van der Waals surface area contributed by atoms with E-state index in [1.165, 1.54) is 24.0 Å². The van der Waals surface area contributed by atoms with Crippen molar-refractivity contribution in [3.8, 4) is 0 Å². The van der Waals surface area contributed by atoms with Crippen LogP contribution < -0.4 is 5.32 Å². The SMILES string of the molecule is Cc1ccc2nc(NCC3(c4ccccc4)CC3)[nH]c2c1. The third-order valence-electron chi connectivity index (χ3n) is 4.47. The zero-order valence-electron chi connectivity index (χ0n) is 12.2. The van der Waals surface area contributed by atoms with Crippen molar-refractivity contribution < 1.29 is 0 Å². The van der Waals surface area contributed by atoms with Crippen LogP contribution in [0.25, 0.3) is 11.0 Å². The number of fused-ring (bicyclic) bond motifs is 1. The summed E-state index contributed by atoms with van der Waals surface area (Å²) in [5.41, 5.74) is 5.11. The standard InChI is InChI=1S/C18H19N3/c1-13-7-8-15-16(11-13)21-17(20-15)19-12-18(9-10-18)14-5-3-2-4-6-14/h2-8,11H,9-10,12H2,1H3,(H2,19,20,21). The molecule has 0 radical (unpaired) electrons. The topological polar surface area (TPSA) is 40.7 Å². The summed E-state index contributed by atoms with van der Waals surface area (Å²) in [6.45, 7) is 3.04. The van der Waals surface area contributed by atoms with Gasteiger partial charge in [-0.2, -0.15) is 0 Å². The summed E-state index contributed by atoms with van der Waals surface area (Å²) in [5.74, 6) is 0.873. The van der Waals surface area contributed by atoms with Crippen molar-refractivity contribution in [2.24, 2.45) is 0 Å². The van der Waals surface area contributed by atoms with E-state index in [4.69, 9.17) is 0 Å². The summed E-state index contributed by atoms with van der Waals surface area (Å²) in [5, 5.41) is 3.49. The van der Waals surface area contributed by atoms with Crippen molar-refractivity contribution >= 4 is 17.0 Å². The smallest absolute Gasteiger partial charge is 0.201 e. The van der Waals surface area contributed by atoms with Crippen molar-refractivity contribution in [2.75, 3.05) is 11.9 Å². The van der Waals surface area contributed by atoms with Gasteiger partial charge < -0.3 is 10.3 Å². The van der Waals surface area contributed by atoms with Crippen molar-refractivity contribution in [2.45, 2.75) is 25.2 Å². The van der Waals surface area contributed by atoms with Crippen LogP contribution in [0.1, 0.15) is 24.0 Å². The first-order valence-corrected chi connectivity index (χ1v) is 7.51. The third kappa shape index (κ3) is 2.29. The molecule has 0 aliphatic heterocycles. The molecule has 1 aromatic heterocycles. The minimum Gasteiger partial charge on any atom is -0.355 e. The number of rotatable bonds is 4. The summed E-state index contributed by atoms with van der Waals surface area (Å²) >= 11 is 0. The number of aromatic nitrogens is 2. The lowest BCUT2D eigenvalue weighted by Gasteiger charge is -2.16. The van der Waals surface area contributed by atoms with Gasteiger partial charge in [-0.1, -0.05) is 36.4 Å². The van der Waals surface area contributed by atoms with Crippen LogP contribution >= 0.6 is 0 Å².